The van der Waals surface area contributed by atoms with Crippen molar-refractivity contribution in [3.63, 3.8) is 0 Å². The largest absolute Gasteiger partial charge is 0.497 e. The number of ether oxygens (including phenoxy) is 3. The highest BCUT2D eigenvalue weighted by Gasteiger charge is 2.10. The number of hydrogen-bond donors (Lipinski definition) is 1. The Morgan fingerprint density at radius 2 is 1.94 bits per heavy atom. The minimum absolute atomic E-state index is 0.543. The third-order valence-electron chi connectivity index (χ3n) is 2.34. The summed E-state index contributed by atoms with van der Waals surface area (Å²) in [4.78, 5) is 0. The van der Waals surface area contributed by atoms with Gasteiger partial charge in [-0.3, -0.25) is 0 Å². The molecule has 0 amide bonds. The molecule has 0 aliphatic carbocycles. The van der Waals surface area contributed by atoms with Crippen molar-refractivity contribution in [1.82, 2.24) is 0 Å². The van der Waals surface area contributed by atoms with Crippen molar-refractivity contribution >= 4 is 15.9 Å². The van der Waals surface area contributed by atoms with Crippen LogP contribution < -0.4 is 15.2 Å². The zero-order valence-corrected chi connectivity index (χ0v) is 11.7. The van der Waals surface area contributed by atoms with Crippen LogP contribution in [0.15, 0.2) is 16.6 Å². The van der Waals surface area contributed by atoms with Gasteiger partial charge in [0.25, 0.3) is 0 Å². The third-order valence-corrected chi connectivity index (χ3v) is 3.05. The summed E-state index contributed by atoms with van der Waals surface area (Å²) >= 11 is 3.51. The molecule has 0 saturated carbocycles. The SMILES string of the molecule is COc1cc(Br)c(CCOCCN)c(OC)c1. The number of nitrogens with two attached hydrogens (primary N) is 1. The van der Waals surface area contributed by atoms with Crippen LogP contribution >= 0.6 is 15.9 Å². The Bertz CT molecular complexity index is 358. The quantitative estimate of drug-likeness (QED) is 0.783. The van der Waals surface area contributed by atoms with Gasteiger partial charge < -0.3 is 19.9 Å². The van der Waals surface area contributed by atoms with Gasteiger partial charge in [0.15, 0.2) is 0 Å². The van der Waals surface area contributed by atoms with Gasteiger partial charge in [0, 0.05) is 29.1 Å². The number of hydrogen-bond acceptors (Lipinski definition) is 4. The molecule has 0 heterocycles. The highest BCUT2D eigenvalue weighted by atomic mass is 79.9. The second-order valence-electron chi connectivity index (χ2n) is 3.44. The first-order valence-corrected chi connectivity index (χ1v) is 6.20. The Morgan fingerprint density at radius 3 is 2.53 bits per heavy atom. The van der Waals surface area contributed by atoms with Crippen LogP contribution in [0.1, 0.15) is 5.56 Å². The van der Waals surface area contributed by atoms with Crippen molar-refractivity contribution in [2.75, 3.05) is 34.0 Å². The molecule has 0 unspecified atom stereocenters. The lowest BCUT2D eigenvalue weighted by atomic mass is 10.1. The van der Waals surface area contributed by atoms with E-state index in [1.165, 1.54) is 0 Å². The monoisotopic (exact) mass is 303 g/mol. The molecule has 2 N–H and O–H groups in total. The molecule has 0 aromatic heterocycles. The van der Waals surface area contributed by atoms with Crippen molar-refractivity contribution in [1.29, 1.82) is 0 Å². The average molecular weight is 304 g/mol. The molecule has 96 valence electrons. The van der Waals surface area contributed by atoms with E-state index in [2.05, 4.69) is 15.9 Å². The second kappa shape index (κ2) is 7.53. The van der Waals surface area contributed by atoms with E-state index in [9.17, 15) is 0 Å². The van der Waals surface area contributed by atoms with Gasteiger partial charge in [-0.1, -0.05) is 15.9 Å². The van der Waals surface area contributed by atoms with Crippen LogP contribution in [0.4, 0.5) is 0 Å². The fourth-order valence-corrected chi connectivity index (χ4v) is 2.11. The van der Waals surface area contributed by atoms with E-state index < -0.39 is 0 Å². The molecule has 1 aromatic rings. The molecule has 0 saturated heterocycles. The zero-order valence-electron chi connectivity index (χ0n) is 10.2. The summed E-state index contributed by atoms with van der Waals surface area (Å²) in [5.41, 5.74) is 6.43. The Labute approximate surface area is 110 Å². The van der Waals surface area contributed by atoms with Crippen LogP contribution in [0.2, 0.25) is 0 Å². The summed E-state index contributed by atoms with van der Waals surface area (Å²) in [7, 11) is 3.27. The minimum Gasteiger partial charge on any atom is -0.497 e. The first kappa shape index (κ1) is 14.3. The van der Waals surface area contributed by atoms with Gasteiger partial charge >= 0.3 is 0 Å². The Hall–Kier alpha value is -0.780. The predicted molar refractivity (Wildman–Crippen MR) is 70.8 cm³/mol. The number of benzene rings is 1. The topological polar surface area (TPSA) is 53.7 Å². The summed E-state index contributed by atoms with van der Waals surface area (Å²) in [6.45, 7) is 1.75. The maximum atomic E-state index is 5.37. The zero-order chi connectivity index (χ0) is 12.7. The van der Waals surface area contributed by atoms with Crippen molar-refractivity contribution in [3.8, 4) is 11.5 Å². The lowest BCUT2D eigenvalue weighted by molar-refractivity contribution is 0.144. The number of rotatable bonds is 7. The Balaban J connectivity index is 2.75. The standard InChI is InChI=1S/C12H18BrNO3/c1-15-9-7-11(13)10(12(8-9)16-2)3-5-17-6-4-14/h7-8H,3-6,14H2,1-2H3. The first-order valence-electron chi connectivity index (χ1n) is 5.41. The van der Waals surface area contributed by atoms with Crippen LogP contribution in [-0.4, -0.2) is 34.0 Å². The summed E-state index contributed by atoms with van der Waals surface area (Å²) in [5.74, 6) is 1.56. The molecule has 4 nitrogen and oxygen atoms in total. The first-order chi connectivity index (χ1) is 8.22. The molecule has 1 aromatic carbocycles. The molecule has 1 rings (SSSR count). The Morgan fingerprint density at radius 1 is 1.18 bits per heavy atom. The fraction of sp³-hybridized carbons (Fsp3) is 0.500. The van der Waals surface area contributed by atoms with Gasteiger partial charge in [0.05, 0.1) is 27.4 Å². The normalized spacial score (nSPS) is 10.4. The molecular formula is C12H18BrNO3. The van der Waals surface area contributed by atoms with Crippen LogP contribution in [-0.2, 0) is 11.2 Å². The smallest absolute Gasteiger partial charge is 0.126 e. The molecular weight excluding hydrogens is 286 g/mol. The van der Waals surface area contributed by atoms with Gasteiger partial charge in [-0.05, 0) is 6.07 Å². The van der Waals surface area contributed by atoms with E-state index in [0.29, 0.717) is 19.8 Å². The van der Waals surface area contributed by atoms with Crippen LogP contribution in [0.25, 0.3) is 0 Å². The van der Waals surface area contributed by atoms with Crippen LogP contribution in [0.3, 0.4) is 0 Å². The molecule has 5 heteroatoms. The molecule has 17 heavy (non-hydrogen) atoms. The van der Waals surface area contributed by atoms with E-state index in [0.717, 1.165) is 28.0 Å². The summed E-state index contributed by atoms with van der Waals surface area (Å²) in [6, 6.07) is 3.78. The predicted octanol–water partition coefficient (Wildman–Crippen LogP) is 1.98. The van der Waals surface area contributed by atoms with E-state index in [1.54, 1.807) is 14.2 Å². The molecule has 0 spiro atoms. The summed E-state index contributed by atoms with van der Waals surface area (Å²) in [6.07, 6.45) is 0.772. The van der Waals surface area contributed by atoms with Crippen molar-refractivity contribution < 1.29 is 14.2 Å². The molecule has 0 radical (unpaired) electrons. The van der Waals surface area contributed by atoms with E-state index in [-0.39, 0.29) is 0 Å². The minimum atomic E-state index is 0.543. The highest BCUT2D eigenvalue weighted by Crippen LogP contribution is 2.32. The molecule has 0 aliphatic rings. The maximum absolute atomic E-state index is 5.37. The highest BCUT2D eigenvalue weighted by molar-refractivity contribution is 9.10. The van der Waals surface area contributed by atoms with Crippen LogP contribution in [0, 0.1) is 0 Å². The third kappa shape index (κ3) is 4.18. The second-order valence-corrected chi connectivity index (χ2v) is 4.30. The fourth-order valence-electron chi connectivity index (χ4n) is 1.49. The van der Waals surface area contributed by atoms with E-state index >= 15 is 0 Å². The van der Waals surface area contributed by atoms with Gasteiger partial charge in [-0.15, -0.1) is 0 Å². The lowest BCUT2D eigenvalue weighted by Crippen LogP contribution is -2.10. The molecule has 0 aliphatic heterocycles. The summed E-state index contributed by atoms with van der Waals surface area (Å²) < 4.78 is 16.8. The summed E-state index contributed by atoms with van der Waals surface area (Å²) in [5, 5.41) is 0. The number of methoxy groups -OCH3 is 2. The lowest BCUT2D eigenvalue weighted by Gasteiger charge is -2.12. The molecule has 0 fully saturated rings. The number of halogens is 1. The van der Waals surface area contributed by atoms with Crippen molar-refractivity contribution in [3.05, 3.63) is 22.2 Å². The van der Waals surface area contributed by atoms with E-state index in [4.69, 9.17) is 19.9 Å². The van der Waals surface area contributed by atoms with Crippen molar-refractivity contribution in [2.45, 2.75) is 6.42 Å². The van der Waals surface area contributed by atoms with Gasteiger partial charge in [0.1, 0.15) is 11.5 Å². The molecule has 0 atom stereocenters. The average Bonchev–Trinajstić information content (AvgIpc) is 2.35. The van der Waals surface area contributed by atoms with Crippen molar-refractivity contribution in [2.24, 2.45) is 5.73 Å². The van der Waals surface area contributed by atoms with Gasteiger partial charge in [0.2, 0.25) is 0 Å². The van der Waals surface area contributed by atoms with Crippen LogP contribution in [0.5, 0.6) is 11.5 Å². The maximum Gasteiger partial charge on any atom is 0.126 e. The van der Waals surface area contributed by atoms with Gasteiger partial charge in [-0.2, -0.15) is 0 Å². The van der Waals surface area contributed by atoms with Gasteiger partial charge in [-0.25, -0.2) is 0 Å². The Kier molecular flexibility index (Phi) is 6.32. The van der Waals surface area contributed by atoms with E-state index in [1.807, 2.05) is 12.1 Å². The molecule has 0 bridgehead atoms.